The summed E-state index contributed by atoms with van der Waals surface area (Å²) in [6.45, 7) is 0.716. The van der Waals surface area contributed by atoms with Crippen molar-refractivity contribution < 1.29 is 28.2 Å². The molecule has 1 rings (SSSR count). The second kappa shape index (κ2) is 6.30. The van der Waals surface area contributed by atoms with Crippen molar-refractivity contribution >= 4 is 5.97 Å². The number of aliphatic hydroxyl groups is 1. The summed E-state index contributed by atoms with van der Waals surface area (Å²) in [5, 5.41) is 9.40. The van der Waals surface area contributed by atoms with Crippen LogP contribution in [-0.4, -0.2) is 31.2 Å². The summed E-state index contributed by atoms with van der Waals surface area (Å²) >= 11 is 0. The van der Waals surface area contributed by atoms with Crippen LogP contribution < -0.4 is 4.74 Å². The molecule has 1 aromatic carbocycles. The van der Waals surface area contributed by atoms with Gasteiger partial charge in [-0.1, -0.05) is 6.07 Å². The van der Waals surface area contributed by atoms with Gasteiger partial charge in [0.25, 0.3) is 6.43 Å². The van der Waals surface area contributed by atoms with E-state index in [1.165, 1.54) is 32.2 Å². The molecule has 0 heterocycles. The third-order valence-corrected chi connectivity index (χ3v) is 2.26. The molecule has 0 aliphatic carbocycles. The number of aliphatic hydroxyl groups excluding tert-OH is 1. The highest BCUT2D eigenvalue weighted by Gasteiger charge is 2.16. The van der Waals surface area contributed by atoms with Gasteiger partial charge in [0.1, 0.15) is 17.9 Å². The van der Waals surface area contributed by atoms with E-state index in [0.29, 0.717) is 5.56 Å². The van der Waals surface area contributed by atoms with Crippen LogP contribution in [0.15, 0.2) is 18.2 Å². The Labute approximate surface area is 103 Å². The second-order valence-electron chi connectivity index (χ2n) is 3.63. The van der Waals surface area contributed by atoms with E-state index >= 15 is 0 Å². The maximum Gasteiger partial charge on any atom is 0.341 e. The van der Waals surface area contributed by atoms with Crippen molar-refractivity contribution in [1.82, 2.24) is 0 Å². The number of benzene rings is 1. The molecule has 0 aliphatic rings. The highest BCUT2D eigenvalue weighted by Crippen LogP contribution is 2.24. The summed E-state index contributed by atoms with van der Waals surface area (Å²) in [6.07, 6.45) is -3.41. The third-order valence-electron chi connectivity index (χ3n) is 2.26. The minimum absolute atomic E-state index is 0.00606. The number of methoxy groups -OCH3 is 1. The molecule has 0 bridgehead atoms. The number of rotatable bonds is 5. The zero-order valence-corrected chi connectivity index (χ0v) is 10.0. The zero-order valence-electron chi connectivity index (χ0n) is 10.0. The van der Waals surface area contributed by atoms with Crippen LogP contribution >= 0.6 is 0 Å². The van der Waals surface area contributed by atoms with E-state index in [1.807, 2.05) is 0 Å². The van der Waals surface area contributed by atoms with Crippen LogP contribution in [-0.2, 0) is 4.74 Å². The molecular formula is C12H14F2O4. The van der Waals surface area contributed by atoms with Gasteiger partial charge in [0, 0.05) is 0 Å². The molecular weight excluding hydrogens is 246 g/mol. The predicted octanol–water partition coefficient (Wildman–Crippen LogP) is 2.17. The van der Waals surface area contributed by atoms with Gasteiger partial charge in [0.05, 0.1) is 13.2 Å². The summed E-state index contributed by atoms with van der Waals surface area (Å²) in [5.74, 6) is -0.701. The molecule has 0 radical (unpaired) electrons. The van der Waals surface area contributed by atoms with Gasteiger partial charge in [-0.2, -0.15) is 0 Å². The molecule has 1 N–H and O–H groups in total. The number of esters is 1. The molecule has 0 fully saturated rings. The van der Waals surface area contributed by atoms with Crippen molar-refractivity contribution in [3.05, 3.63) is 29.3 Å². The molecule has 1 aromatic rings. The van der Waals surface area contributed by atoms with Crippen molar-refractivity contribution in [2.45, 2.75) is 19.5 Å². The van der Waals surface area contributed by atoms with Gasteiger partial charge in [-0.25, -0.2) is 13.6 Å². The molecule has 6 heteroatoms. The van der Waals surface area contributed by atoms with E-state index in [1.54, 1.807) is 0 Å². The molecule has 0 saturated carbocycles. The maximum absolute atomic E-state index is 12.1. The van der Waals surface area contributed by atoms with E-state index in [4.69, 9.17) is 4.74 Å². The van der Waals surface area contributed by atoms with E-state index in [0.717, 1.165) is 0 Å². The average molecular weight is 260 g/mol. The summed E-state index contributed by atoms with van der Waals surface area (Å²) in [6, 6.07) is 4.21. The van der Waals surface area contributed by atoms with Gasteiger partial charge < -0.3 is 14.6 Å². The minimum Gasteiger partial charge on any atom is -0.487 e. The van der Waals surface area contributed by atoms with E-state index in [9.17, 15) is 18.7 Å². The summed E-state index contributed by atoms with van der Waals surface area (Å²) in [5.41, 5.74) is 0.483. The van der Waals surface area contributed by atoms with Crippen molar-refractivity contribution in [2.75, 3.05) is 13.7 Å². The van der Waals surface area contributed by atoms with Gasteiger partial charge in [0.2, 0.25) is 0 Å². The van der Waals surface area contributed by atoms with Crippen molar-refractivity contribution in [1.29, 1.82) is 0 Å². The van der Waals surface area contributed by atoms with Crippen LogP contribution in [0.3, 0.4) is 0 Å². The Morgan fingerprint density at radius 1 is 1.44 bits per heavy atom. The Morgan fingerprint density at radius 2 is 2.11 bits per heavy atom. The highest BCUT2D eigenvalue weighted by atomic mass is 19.3. The quantitative estimate of drug-likeness (QED) is 0.824. The van der Waals surface area contributed by atoms with Crippen molar-refractivity contribution in [3.8, 4) is 5.75 Å². The third kappa shape index (κ3) is 3.66. The summed E-state index contributed by atoms with van der Waals surface area (Å²) in [4.78, 5) is 11.5. The molecule has 0 saturated heterocycles. The van der Waals surface area contributed by atoms with Crippen LogP contribution in [0.25, 0.3) is 0 Å². The van der Waals surface area contributed by atoms with Crippen LogP contribution in [0, 0.1) is 0 Å². The molecule has 0 aliphatic heterocycles. The number of ether oxygens (including phenoxy) is 2. The topological polar surface area (TPSA) is 55.8 Å². The lowest BCUT2D eigenvalue weighted by Crippen LogP contribution is -2.11. The highest BCUT2D eigenvalue weighted by molar-refractivity contribution is 5.92. The second-order valence-corrected chi connectivity index (χ2v) is 3.63. The Bertz CT molecular complexity index is 419. The first kappa shape index (κ1) is 14.4. The zero-order chi connectivity index (χ0) is 13.7. The van der Waals surface area contributed by atoms with Crippen molar-refractivity contribution in [2.24, 2.45) is 0 Å². The van der Waals surface area contributed by atoms with Crippen LogP contribution in [0.4, 0.5) is 8.78 Å². The Morgan fingerprint density at radius 3 is 2.61 bits per heavy atom. The van der Waals surface area contributed by atoms with Gasteiger partial charge in [-0.3, -0.25) is 0 Å². The first-order chi connectivity index (χ1) is 8.45. The lowest BCUT2D eigenvalue weighted by atomic mass is 10.1. The van der Waals surface area contributed by atoms with Crippen molar-refractivity contribution in [3.63, 3.8) is 0 Å². The number of carbonyl (C=O) groups excluding carboxylic acids is 1. The van der Waals surface area contributed by atoms with Gasteiger partial charge in [0.15, 0.2) is 0 Å². The van der Waals surface area contributed by atoms with E-state index < -0.39 is 25.1 Å². The summed E-state index contributed by atoms with van der Waals surface area (Å²) < 4.78 is 33.5. The first-order valence-corrected chi connectivity index (χ1v) is 5.27. The van der Waals surface area contributed by atoms with E-state index in [-0.39, 0.29) is 11.3 Å². The monoisotopic (exact) mass is 260 g/mol. The number of carbonyl (C=O) groups is 1. The molecule has 4 nitrogen and oxygen atoms in total. The molecule has 0 amide bonds. The Hall–Kier alpha value is -1.69. The Kier molecular flexibility index (Phi) is 5.03. The number of halogens is 2. The molecule has 0 aromatic heterocycles. The normalized spacial score (nSPS) is 12.3. The first-order valence-electron chi connectivity index (χ1n) is 5.27. The largest absolute Gasteiger partial charge is 0.487 e. The number of alkyl halides is 2. The number of hydrogen-bond acceptors (Lipinski definition) is 4. The molecule has 0 spiro atoms. The lowest BCUT2D eigenvalue weighted by Gasteiger charge is -2.12. The summed E-state index contributed by atoms with van der Waals surface area (Å²) in [7, 11) is 1.17. The molecule has 18 heavy (non-hydrogen) atoms. The van der Waals surface area contributed by atoms with Crippen LogP contribution in [0.1, 0.15) is 28.9 Å². The van der Waals surface area contributed by atoms with E-state index in [2.05, 4.69) is 4.74 Å². The fourth-order valence-electron chi connectivity index (χ4n) is 1.36. The number of hydrogen-bond donors (Lipinski definition) is 1. The molecule has 100 valence electrons. The predicted molar refractivity (Wildman–Crippen MR) is 59.9 cm³/mol. The fraction of sp³-hybridized carbons (Fsp3) is 0.417. The lowest BCUT2D eigenvalue weighted by molar-refractivity contribution is 0.0578. The standard InChI is InChI=1S/C12H14F2O4/c1-7(15)8-3-4-10(18-6-11(13)14)9(5-8)12(16)17-2/h3-5,7,11,15H,6H2,1-2H3. The Balaban J connectivity index is 3.04. The van der Waals surface area contributed by atoms with Crippen LogP contribution in [0.5, 0.6) is 5.75 Å². The molecule has 1 unspecified atom stereocenters. The fourth-order valence-corrected chi connectivity index (χ4v) is 1.36. The van der Waals surface area contributed by atoms with Crippen LogP contribution in [0.2, 0.25) is 0 Å². The van der Waals surface area contributed by atoms with Gasteiger partial charge >= 0.3 is 5.97 Å². The smallest absolute Gasteiger partial charge is 0.341 e. The maximum atomic E-state index is 12.1. The minimum atomic E-state index is -2.63. The van der Waals surface area contributed by atoms with Gasteiger partial charge in [-0.05, 0) is 24.6 Å². The molecule has 1 atom stereocenters. The van der Waals surface area contributed by atoms with Gasteiger partial charge in [-0.15, -0.1) is 0 Å². The SMILES string of the molecule is COC(=O)c1cc(C(C)O)ccc1OCC(F)F. The average Bonchev–Trinajstić information content (AvgIpc) is 2.34.